The molecule has 0 aliphatic rings. The largest absolute Gasteiger partial charge is 0.416 e. The van der Waals surface area contributed by atoms with Gasteiger partial charge in [-0.25, -0.2) is 4.98 Å². The molecule has 1 aromatic heterocycles. The molecule has 2 aromatic carbocycles. The molecule has 1 amide bonds. The monoisotopic (exact) mass is 376 g/mol. The summed E-state index contributed by atoms with van der Waals surface area (Å²) in [6, 6.07) is 11.9. The molecule has 0 radical (unpaired) electrons. The summed E-state index contributed by atoms with van der Waals surface area (Å²) in [5.74, 6) is -0.343. The van der Waals surface area contributed by atoms with Crippen molar-refractivity contribution in [1.82, 2.24) is 10.3 Å². The third kappa shape index (κ3) is 4.29. The Kier molecular flexibility index (Phi) is 5.08. The lowest BCUT2D eigenvalue weighted by atomic mass is 10.1. The van der Waals surface area contributed by atoms with Gasteiger partial charge in [0.1, 0.15) is 5.01 Å². The number of amides is 1. The maximum absolute atomic E-state index is 12.7. The standard InChI is InChI=1S/C19H15F3N2OS/c1-12-11-26-18(24-12)15-7-5-14(6-8-15)17(25)23-10-13-3-2-4-16(9-13)19(20,21)22/h2-9,11H,10H2,1H3,(H,23,25). The van der Waals surface area contributed by atoms with Gasteiger partial charge in [-0.05, 0) is 36.8 Å². The number of aryl methyl sites for hydroxylation is 1. The summed E-state index contributed by atoms with van der Waals surface area (Å²) < 4.78 is 38.2. The minimum Gasteiger partial charge on any atom is -0.348 e. The fourth-order valence-electron chi connectivity index (χ4n) is 2.39. The molecule has 0 saturated heterocycles. The maximum atomic E-state index is 12.7. The summed E-state index contributed by atoms with van der Waals surface area (Å²) in [7, 11) is 0. The van der Waals surface area contributed by atoms with Crippen molar-refractivity contribution < 1.29 is 18.0 Å². The molecule has 0 saturated carbocycles. The average molecular weight is 376 g/mol. The molecule has 0 spiro atoms. The van der Waals surface area contributed by atoms with Gasteiger partial charge < -0.3 is 5.32 Å². The molecule has 0 bridgehead atoms. The SMILES string of the molecule is Cc1csc(-c2ccc(C(=O)NCc3cccc(C(F)(F)F)c3)cc2)n1. The lowest BCUT2D eigenvalue weighted by Gasteiger charge is -2.10. The molecule has 0 fully saturated rings. The molecule has 26 heavy (non-hydrogen) atoms. The van der Waals surface area contributed by atoms with E-state index in [1.165, 1.54) is 17.4 Å². The molecule has 1 N–H and O–H groups in total. The Morgan fingerprint density at radius 3 is 2.50 bits per heavy atom. The van der Waals surface area contributed by atoms with Crippen LogP contribution in [0, 0.1) is 6.92 Å². The van der Waals surface area contributed by atoms with E-state index in [-0.39, 0.29) is 12.5 Å². The zero-order valence-electron chi connectivity index (χ0n) is 13.8. The smallest absolute Gasteiger partial charge is 0.348 e. The zero-order chi connectivity index (χ0) is 18.7. The predicted molar refractivity (Wildman–Crippen MR) is 94.9 cm³/mol. The van der Waals surface area contributed by atoms with E-state index < -0.39 is 11.7 Å². The van der Waals surface area contributed by atoms with Crippen molar-refractivity contribution in [1.29, 1.82) is 0 Å². The van der Waals surface area contributed by atoms with Gasteiger partial charge in [-0.3, -0.25) is 4.79 Å². The normalized spacial score (nSPS) is 11.4. The van der Waals surface area contributed by atoms with E-state index in [0.717, 1.165) is 28.4 Å². The van der Waals surface area contributed by atoms with Gasteiger partial charge >= 0.3 is 6.18 Å². The number of hydrogen-bond donors (Lipinski definition) is 1. The molecule has 7 heteroatoms. The third-order valence-corrected chi connectivity index (χ3v) is 4.73. The minimum absolute atomic E-state index is 0.0240. The van der Waals surface area contributed by atoms with E-state index in [1.807, 2.05) is 12.3 Å². The van der Waals surface area contributed by atoms with Crippen LogP contribution in [0.3, 0.4) is 0 Å². The number of benzene rings is 2. The molecule has 134 valence electrons. The first-order chi connectivity index (χ1) is 12.3. The Morgan fingerprint density at radius 1 is 1.15 bits per heavy atom. The van der Waals surface area contributed by atoms with E-state index in [2.05, 4.69) is 10.3 Å². The number of halogens is 3. The lowest BCUT2D eigenvalue weighted by molar-refractivity contribution is -0.137. The highest BCUT2D eigenvalue weighted by Gasteiger charge is 2.30. The predicted octanol–water partition coefficient (Wildman–Crippen LogP) is 5.07. The highest BCUT2D eigenvalue weighted by atomic mass is 32.1. The van der Waals surface area contributed by atoms with Crippen LogP contribution in [0.4, 0.5) is 13.2 Å². The molecule has 3 nitrogen and oxygen atoms in total. The summed E-state index contributed by atoms with van der Waals surface area (Å²) >= 11 is 1.52. The number of carbonyl (C=O) groups is 1. The van der Waals surface area contributed by atoms with Crippen LogP contribution in [0.5, 0.6) is 0 Å². The van der Waals surface area contributed by atoms with Gasteiger partial charge in [0.15, 0.2) is 0 Å². The third-order valence-electron chi connectivity index (χ3n) is 3.72. The Bertz CT molecular complexity index is 917. The van der Waals surface area contributed by atoms with Crippen LogP contribution in [0.2, 0.25) is 0 Å². The van der Waals surface area contributed by atoms with Crippen molar-refractivity contribution in [2.75, 3.05) is 0 Å². The first kappa shape index (κ1) is 18.1. The van der Waals surface area contributed by atoms with Gasteiger partial charge in [-0.1, -0.05) is 24.3 Å². The number of rotatable bonds is 4. The first-order valence-electron chi connectivity index (χ1n) is 7.80. The number of nitrogens with zero attached hydrogens (tertiary/aromatic N) is 1. The fraction of sp³-hybridized carbons (Fsp3) is 0.158. The van der Waals surface area contributed by atoms with Gasteiger partial charge in [-0.2, -0.15) is 13.2 Å². The quantitative estimate of drug-likeness (QED) is 0.691. The van der Waals surface area contributed by atoms with E-state index in [1.54, 1.807) is 30.3 Å². The van der Waals surface area contributed by atoms with Gasteiger partial charge in [0.2, 0.25) is 0 Å². The van der Waals surface area contributed by atoms with Gasteiger partial charge in [0, 0.05) is 28.7 Å². The van der Waals surface area contributed by atoms with Crippen LogP contribution in [0.15, 0.2) is 53.9 Å². The van der Waals surface area contributed by atoms with Gasteiger partial charge in [0.25, 0.3) is 5.91 Å². The zero-order valence-corrected chi connectivity index (χ0v) is 14.6. The summed E-state index contributed by atoms with van der Waals surface area (Å²) in [4.78, 5) is 16.6. The molecule has 3 rings (SSSR count). The molecule has 0 aliphatic carbocycles. The number of carbonyl (C=O) groups excluding carboxylic acids is 1. The number of aromatic nitrogens is 1. The fourth-order valence-corrected chi connectivity index (χ4v) is 3.20. The van der Waals surface area contributed by atoms with E-state index in [9.17, 15) is 18.0 Å². The summed E-state index contributed by atoms with van der Waals surface area (Å²) in [5.41, 5.74) is 1.95. The second-order valence-corrected chi connectivity index (χ2v) is 6.61. The maximum Gasteiger partial charge on any atom is 0.416 e. The van der Waals surface area contributed by atoms with Crippen molar-refractivity contribution in [2.45, 2.75) is 19.6 Å². The van der Waals surface area contributed by atoms with Crippen molar-refractivity contribution >= 4 is 17.2 Å². The minimum atomic E-state index is -4.40. The highest BCUT2D eigenvalue weighted by molar-refractivity contribution is 7.13. The molecule has 3 aromatic rings. The first-order valence-corrected chi connectivity index (χ1v) is 8.68. The summed E-state index contributed by atoms with van der Waals surface area (Å²) in [5, 5.41) is 5.46. The Balaban J connectivity index is 1.65. The number of nitrogens with one attached hydrogen (secondary N) is 1. The van der Waals surface area contributed by atoms with Gasteiger partial charge in [-0.15, -0.1) is 11.3 Å². The van der Waals surface area contributed by atoms with Crippen LogP contribution >= 0.6 is 11.3 Å². The molecule has 0 aliphatic heterocycles. The number of hydrogen-bond acceptors (Lipinski definition) is 3. The molecule has 0 atom stereocenters. The second-order valence-electron chi connectivity index (χ2n) is 5.75. The average Bonchev–Trinajstić information content (AvgIpc) is 3.06. The number of thiazole rings is 1. The van der Waals surface area contributed by atoms with Crippen LogP contribution in [0.1, 0.15) is 27.2 Å². The Hall–Kier alpha value is -2.67. The van der Waals surface area contributed by atoms with E-state index in [4.69, 9.17) is 0 Å². The van der Waals surface area contributed by atoms with Gasteiger partial charge in [0.05, 0.1) is 5.56 Å². The molecular weight excluding hydrogens is 361 g/mol. The van der Waals surface area contributed by atoms with Crippen LogP contribution in [0.25, 0.3) is 10.6 Å². The van der Waals surface area contributed by atoms with Crippen molar-refractivity contribution in [2.24, 2.45) is 0 Å². The highest BCUT2D eigenvalue weighted by Crippen LogP contribution is 2.29. The Labute approximate surface area is 152 Å². The van der Waals surface area contributed by atoms with Crippen molar-refractivity contribution in [3.8, 4) is 10.6 Å². The molecule has 0 unspecified atom stereocenters. The summed E-state index contributed by atoms with van der Waals surface area (Å²) in [6.07, 6.45) is -4.40. The second kappa shape index (κ2) is 7.29. The van der Waals surface area contributed by atoms with Crippen LogP contribution < -0.4 is 5.32 Å². The summed E-state index contributed by atoms with van der Waals surface area (Å²) in [6.45, 7) is 1.94. The van der Waals surface area contributed by atoms with E-state index in [0.29, 0.717) is 11.1 Å². The lowest BCUT2D eigenvalue weighted by Crippen LogP contribution is -2.23. The van der Waals surface area contributed by atoms with Crippen molar-refractivity contribution in [3.63, 3.8) is 0 Å². The molecule has 1 heterocycles. The van der Waals surface area contributed by atoms with Crippen molar-refractivity contribution in [3.05, 3.63) is 76.3 Å². The van der Waals surface area contributed by atoms with Crippen LogP contribution in [-0.2, 0) is 12.7 Å². The van der Waals surface area contributed by atoms with Crippen LogP contribution in [-0.4, -0.2) is 10.9 Å². The topological polar surface area (TPSA) is 42.0 Å². The van der Waals surface area contributed by atoms with E-state index >= 15 is 0 Å². The Morgan fingerprint density at radius 2 is 1.88 bits per heavy atom. The molecular formula is C19H15F3N2OS. The number of alkyl halides is 3.